The van der Waals surface area contributed by atoms with Gasteiger partial charge >= 0.3 is 6.03 Å². The molecular formula is C16H15N3O5. The summed E-state index contributed by atoms with van der Waals surface area (Å²) in [6.45, 7) is 3.11. The van der Waals surface area contributed by atoms with Crippen LogP contribution in [0.3, 0.4) is 0 Å². The minimum absolute atomic E-state index is 0.0471. The van der Waals surface area contributed by atoms with E-state index in [9.17, 15) is 19.7 Å². The van der Waals surface area contributed by atoms with Crippen LogP contribution in [0.2, 0.25) is 0 Å². The summed E-state index contributed by atoms with van der Waals surface area (Å²) < 4.78 is 5.26. The molecule has 124 valence electrons. The first-order chi connectivity index (χ1) is 11.3. The number of imide groups is 1. The predicted octanol–water partition coefficient (Wildman–Crippen LogP) is 2.46. The van der Waals surface area contributed by atoms with Crippen molar-refractivity contribution in [2.75, 3.05) is 0 Å². The van der Waals surface area contributed by atoms with Crippen LogP contribution in [0.1, 0.15) is 23.8 Å². The fourth-order valence-corrected chi connectivity index (χ4v) is 2.78. The van der Waals surface area contributed by atoms with E-state index >= 15 is 0 Å². The number of nitro groups is 1. The van der Waals surface area contributed by atoms with Crippen molar-refractivity contribution in [3.63, 3.8) is 0 Å². The number of nitrogens with one attached hydrogen (secondary N) is 1. The van der Waals surface area contributed by atoms with Crippen LogP contribution in [0.4, 0.5) is 10.5 Å². The minimum Gasteiger partial charge on any atom is -0.466 e. The lowest BCUT2D eigenvalue weighted by molar-refractivity contribution is -0.385. The molecule has 0 unspecified atom stereocenters. The van der Waals surface area contributed by atoms with E-state index in [1.807, 2.05) is 0 Å². The Morgan fingerprint density at radius 2 is 2.04 bits per heavy atom. The first-order valence-electron chi connectivity index (χ1n) is 7.25. The van der Waals surface area contributed by atoms with Crippen LogP contribution in [0.5, 0.6) is 0 Å². The summed E-state index contributed by atoms with van der Waals surface area (Å²) in [5.74, 6) is -0.132. The molecule has 3 amide bonds. The highest BCUT2D eigenvalue weighted by molar-refractivity contribution is 6.06. The molecule has 0 spiro atoms. The maximum atomic E-state index is 12.7. The zero-order valence-corrected chi connectivity index (χ0v) is 13.1. The van der Waals surface area contributed by atoms with Gasteiger partial charge < -0.3 is 9.73 Å². The monoisotopic (exact) mass is 329 g/mol. The number of nitrogens with zero attached hydrogens (tertiary/aromatic N) is 2. The molecule has 8 nitrogen and oxygen atoms in total. The smallest absolute Gasteiger partial charge is 0.325 e. The van der Waals surface area contributed by atoms with E-state index in [0.717, 1.165) is 4.90 Å². The summed E-state index contributed by atoms with van der Waals surface area (Å²) in [5.41, 5.74) is -0.366. The van der Waals surface area contributed by atoms with Crippen molar-refractivity contribution >= 4 is 17.6 Å². The predicted molar refractivity (Wildman–Crippen MR) is 83.0 cm³/mol. The fourth-order valence-electron chi connectivity index (χ4n) is 2.78. The lowest BCUT2D eigenvalue weighted by atomic mass is 9.99. The molecule has 0 bridgehead atoms. The summed E-state index contributed by atoms with van der Waals surface area (Å²) in [6, 6.07) is 7.26. The maximum Gasteiger partial charge on any atom is 0.325 e. The molecule has 1 aromatic carbocycles. The van der Waals surface area contributed by atoms with Gasteiger partial charge in [-0.3, -0.25) is 19.8 Å². The first-order valence-corrected chi connectivity index (χ1v) is 7.25. The number of benzene rings is 1. The van der Waals surface area contributed by atoms with Gasteiger partial charge in [-0.15, -0.1) is 0 Å². The largest absolute Gasteiger partial charge is 0.466 e. The van der Waals surface area contributed by atoms with Crippen LogP contribution < -0.4 is 5.32 Å². The molecule has 2 heterocycles. The average Bonchev–Trinajstić information content (AvgIpc) is 3.13. The second-order valence-corrected chi connectivity index (χ2v) is 5.74. The second-order valence-electron chi connectivity index (χ2n) is 5.74. The normalized spacial score (nSPS) is 20.3. The summed E-state index contributed by atoms with van der Waals surface area (Å²) in [5, 5.41) is 13.7. The number of nitro benzene ring substituents is 1. The first kappa shape index (κ1) is 15.7. The van der Waals surface area contributed by atoms with Gasteiger partial charge in [0.25, 0.3) is 11.6 Å². The highest BCUT2D eigenvalue weighted by atomic mass is 16.6. The van der Waals surface area contributed by atoms with Crippen molar-refractivity contribution < 1.29 is 18.9 Å². The number of amides is 3. The number of rotatable bonds is 4. The zero-order chi connectivity index (χ0) is 17.5. The van der Waals surface area contributed by atoms with E-state index < -0.39 is 22.4 Å². The van der Waals surface area contributed by atoms with E-state index in [4.69, 9.17) is 4.42 Å². The van der Waals surface area contributed by atoms with E-state index in [2.05, 4.69) is 5.32 Å². The van der Waals surface area contributed by atoms with Crippen molar-refractivity contribution in [2.24, 2.45) is 0 Å². The Hall–Kier alpha value is -3.16. The van der Waals surface area contributed by atoms with Crippen LogP contribution in [0.15, 0.2) is 41.0 Å². The van der Waals surface area contributed by atoms with Crippen LogP contribution in [-0.2, 0) is 16.9 Å². The van der Waals surface area contributed by atoms with E-state index in [1.54, 1.807) is 32.0 Å². The van der Waals surface area contributed by atoms with Crippen LogP contribution in [0, 0.1) is 17.0 Å². The number of hydrogen-bond donors (Lipinski definition) is 1. The highest BCUT2D eigenvalue weighted by Gasteiger charge is 2.51. The Morgan fingerprint density at radius 1 is 1.29 bits per heavy atom. The fraction of sp³-hybridized carbons (Fsp3) is 0.250. The number of hydrogen-bond acceptors (Lipinski definition) is 5. The minimum atomic E-state index is -1.28. The quantitative estimate of drug-likeness (QED) is 0.527. The van der Waals surface area contributed by atoms with Crippen molar-refractivity contribution in [1.82, 2.24) is 10.2 Å². The van der Waals surface area contributed by atoms with E-state index in [0.29, 0.717) is 16.9 Å². The molecule has 1 aromatic heterocycles. The third-order valence-electron chi connectivity index (χ3n) is 4.23. The molecule has 1 aliphatic rings. The maximum absolute atomic E-state index is 12.7. The molecule has 0 saturated carbocycles. The van der Waals surface area contributed by atoms with Gasteiger partial charge in [-0.2, -0.15) is 0 Å². The highest BCUT2D eigenvalue weighted by Crippen LogP contribution is 2.31. The molecule has 1 fully saturated rings. The van der Waals surface area contributed by atoms with E-state index in [-0.39, 0.29) is 12.2 Å². The molecular weight excluding hydrogens is 314 g/mol. The third kappa shape index (κ3) is 2.32. The van der Waals surface area contributed by atoms with Gasteiger partial charge in [-0.05, 0) is 31.5 Å². The van der Waals surface area contributed by atoms with Gasteiger partial charge in [0.1, 0.15) is 5.76 Å². The molecule has 1 aliphatic heterocycles. The topological polar surface area (TPSA) is 106 Å². The van der Waals surface area contributed by atoms with Gasteiger partial charge in [-0.25, -0.2) is 4.79 Å². The standard InChI is InChI=1S/C16H15N3O5/c1-10-11(5-3-6-12(10)19(22)23)9-18-14(20)16(2,17-15(18)21)13-7-4-8-24-13/h3-8H,9H2,1-2H3,(H,17,21)/t16-/m1/s1. The average molecular weight is 329 g/mol. The van der Waals surface area contributed by atoms with Gasteiger partial charge in [0, 0.05) is 11.6 Å². The third-order valence-corrected chi connectivity index (χ3v) is 4.23. The lowest BCUT2D eigenvalue weighted by Crippen LogP contribution is -2.40. The zero-order valence-electron chi connectivity index (χ0n) is 13.1. The molecule has 0 aliphatic carbocycles. The van der Waals surface area contributed by atoms with Gasteiger partial charge in [-0.1, -0.05) is 12.1 Å². The second kappa shape index (κ2) is 5.48. The number of furan rings is 1. The summed E-state index contributed by atoms with van der Waals surface area (Å²) in [6.07, 6.45) is 1.42. The van der Waals surface area contributed by atoms with Crippen LogP contribution in [-0.4, -0.2) is 21.8 Å². The number of urea groups is 1. The molecule has 8 heteroatoms. The Labute approximate surface area is 137 Å². The Balaban J connectivity index is 1.92. The molecule has 0 radical (unpaired) electrons. The van der Waals surface area contributed by atoms with E-state index in [1.165, 1.54) is 18.4 Å². The molecule has 3 rings (SSSR count). The van der Waals surface area contributed by atoms with Crippen LogP contribution in [0.25, 0.3) is 0 Å². The van der Waals surface area contributed by atoms with Crippen molar-refractivity contribution in [2.45, 2.75) is 25.9 Å². The Kier molecular flexibility index (Phi) is 3.59. The molecule has 2 aromatic rings. The van der Waals surface area contributed by atoms with Crippen LogP contribution >= 0.6 is 0 Å². The number of carbonyl (C=O) groups excluding carboxylic acids is 2. The molecule has 1 atom stereocenters. The molecule has 1 N–H and O–H groups in total. The Bertz CT molecular complexity index is 830. The van der Waals surface area contributed by atoms with Crippen molar-refractivity contribution in [1.29, 1.82) is 0 Å². The van der Waals surface area contributed by atoms with Gasteiger partial charge in [0.2, 0.25) is 0 Å². The Morgan fingerprint density at radius 3 is 2.67 bits per heavy atom. The van der Waals surface area contributed by atoms with Gasteiger partial charge in [0.15, 0.2) is 5.54 Å². The number of carbonyl (C=O) groups is 2. The SMILES string of the molecule is Cc1c(CN2C(=O)N[C@](C)(c3ccco3)C2=O)cccc1[N+](=O)[O-]. The molecule has 24 heavy (non-hydrogen) atoms. The van der Waals surface area contributed by atoms with Crippen molar-refractivity contribution in [3.8, 4) is 0 Å². The summed E-state index contributed by atoms with van der Waals surface area (Å²) >= 11 is 0. The van der Waals surface area contributed by atoms with Gasteiger partial charge in [0.05, 0.1) is 17.7 Å². The lowest BCUT2D eigenvalue weighted by Gasteiger charge is -2.19. The summed E-state index contributed by atoms with van der Waals surface area (Å²) in [4.78, 5) is 36.5. The summed E-state index contributed by atoms with van der Waals surface area (Å²) in [7, 11) is 0. The molecule has 1 saturated heterocycles. The van der Waals surface area contributed by atoms with Crippen molar-refractivity contribution in [3.05, 3.63) is 63.6 Å².